The molecule has 0 saturated heterocycles. The topological polar surface area (TPSA) is 38.9 Å². The lowest BCUT2D eigenvalue weighted by atomic mass is 10.4. The largest absolute Gasteiger partial charge is 0.397 e. The van der Waals surface area contributed by atoms with E-state index in [2.05, 4.69) is 4.98 Å². The minimum Gasteiger partial charge on any atom is -0.397 e. The van der Waals surface area contributed by atoms with Crippen LogP contribution in [0.15, 0.2) is 23.4 Å². The van der Waals surface area contributed by atoms with Crippen LogP contribution in [0, 0.1) is 0 Å². The summed E-state index contributed by atoms with van der Waals surface area (Å²) in [4.78, 5) is 4.28. The van der Waals surface area contributed by atoms with Gasteiger partial charge in [0, 0.05) is 5.25 Å². The molecule has 0 aliphatic heterocycles. The van der Waals surface area contributed by atoms with Crippen molar-refractivity contribution in [3.63, 3.8) is 0 Å². The van der Waals surface area contributed by atoms with Crippen LogP contribution < -0.4 is 5.73 Å². The SMILES string of the molecule is Nc1ccc(SC2CCCC2)nc1. The number of nitrogens with zero attached hydrogens (tertiary/aromatic N) is 1. The van der Waals surface area contributed by atoms with Gasteiger partial charge in [-0.15, -0.1) is 11.8 Å². The van der Waals surface area contributed by atoms with Crippen molar-refractivity contribution < 1.29 is 0 Å². The highest BCUT2D eigenvalue weighted by atomic mass is 32.2. The van der Waals surface area contributed by atoms with Crippen LogP contribution in [-0.4, -0.2) is 10.2 Å². The predicted octanol–water partition coefficient (Wildman–Crippen LogP) is 2.70. The first-order valence-electron chi connectivity index (χ1n) is 4.73. The molecule has 70 valence electrons. The Morgan fingerprint density at radius 2 is 2.08 bits per heavy atom. The summed E-state index contributed by atoms with van der Waals surface area (Å²) in [5.41, 5.74) is 6.31. The lowest BCUT2D eigenvalue weighted by Gasteiger charge is -2.06. The van der Waals surface area contributed by atoms with Crippen LogP contribution >= 0.6 is 11.8 Å². The molecule has 0 atom stereocenters. The summed E-state index contributed by atoms with van der Waals surface area (Å²) >= 11 is 1.89. The van der Waals surface area contributed by atoms with Gasteiger partial charge in [0.05, 0.1) is 16.9 Å². The fourth-order valence-corrected chi connectivity index (χ4v) is 2.81. The second-order valence-corrected chi connectivity index (χ2v) is 4.77. The Balaban J connectivity index is 1.97. The first-order chi connectivity index (χ1) is 6.34. The summed E-state index contributed by atoms with van der Waals surface area (Å²) in [6, 6.07) is 3.93. The maximum atomic E-state index is 5.56. The van der Waals surface area contributed by atoms with E-state index in [-0.39, 0.29) is 0 Å². The van der Waals surface area contributed by atoms with E-state index >= 15 is 0 Å². The number of pyridine rings is 1. The lowest BCUT2D eigenvalue weighted by Crippen LogP contribution is -1.95. The van der Waals surface area contributed by atoms with E-state index < -0.39 is 0 Å². The fraction of sp³-hybridized carbons (Fsp3) is 0.500. The van der Waals surface area contributed by atoms with E-state index in [1.54, 1.807) is 6.20 Å². The lowest BCUT2D eigenvalue weighted by molar-refractivity contribution is 0.886. The summed E-state index contributed by atoms with van der Waals surface area (Å²) in [6.45, 7) is 0. The van der Waals surface area contributed by atoms with Gasteiger partial charge in [0.1, 0.15) is 0 Å². The highest BCUT2D eigenvalue weighted by Gasteiger charge is 2.16. The summed E-state index contributed by atoms with van der Waals surface area (Å²) in [5.74, 6) is 0. The van der Waals surface area contributed by atoms with Crippen molar-refractivity contribution in [3.05, 3.63) is 18.3 Å². The van der Waals surface area contributed by atoms with Crippen molar-refractivity contribution in [2.24, 2.45) is 0 Å². The van der Waals surface area contributed by atoms with Crippen molar-refractivity contribution in [2.75, 3.05) is 5.73 Å². The van der Waals surface area contributed by atoms with Crippen molar-refractivity contribution in [1.29, 1.82) is 0 Å². The number of thioether (sulfide) groups is 1. The fourth-order valence-electron chi connectivity index (χ4n) is 1.64. The van der Waals surface area contributed by atoms with Crippen molar-refractivity contribution in [3.8, 4) is 0 Å². The van der Waals surface area contributed by atoms with Gasteiger partial charge in [-0.05, 0) is 25.0 Å². The highest BCUT2D eigenvalue weighted by molar-refractivity contribution is 7.99. The molecule has 2 N–H and O–H groups in total. The third kappa shape index (κ3) is 2.37. The Bertz CT molecular complexity index is 265. The molecular formula is C10H14N2S. The minimum atomic E-state index is 0.746. The molecule has 2 rings (SSSR count). The molecule has 1 saturated carbocycles. The average molecular weight is 194 g/mol. The quantitative estimate of drug-likeness (QED) is 0.786. The third-order valence-electron chi connectivity index (χ3n) is 2.35. The molecule has 3 heteroatoms. The van der Waals surface area contributed by atoms with E-state index in [0.717, 1.165) is 16.0 Å². The molecule has 0 spiro atoms. The molecule has 1 aliphatic carbocycles. The summed E-state index contributed by atoms with van der Waals surface area (Å²) < 4.78 is 0. The molecule has 1 aromatic rings. The molecule has 0 unspecified atom stereocenters. The van der Waals surface area contributed by atoms with Gasteiger partial charge in [0.25, 0.3) is 0 Å². The molecule has 0 radical (unpaired) electrons. The molecule has 0 aromatic carbocycles. The maximum absolute atomic E-state index is 5.56. The zero-order valence-electron chi connectivity index (χ0n) is 7.57. The molecule has 1 aliphatic rings. The zero-order chi connectivity index (χ0) is 9.10. The first-order valence-corrected chi connectivity index (χ1v) is 5.61. The van der Waals surface area contributed by atoms with E-state index in [9.17, 15) is 0 Å². The van der Waals surface area contributed by atoms with Gasteiger partial charge < -0.3 is 5.73 Å². The molecule has 1 aromatic heterocycles. The van der Waals surface area contributed by atoms with Gasteiger partial charge in [-0.1, -0.05) is 12.8 Å². The Labute approximate surface area is 82.9 Å². The second kappa shape index (κ2) is 4.01. The second-order valence-electron chi connectivity index (χ2n) is 3.45. The van der Waals surface area contributed by atoms with Crippen LogP contribution in [0.1, 0.15) is 25.7 Å². The van der Waals surface area contributed by atoms with Crippen LogP contribution in [0.5, 0.6) is 0 Å². The molecule has 0 amide bonds. The Morgan fingerprint density at radius 1 is 1.31 bits per heavy atom. The molecule has 2 nitrogen and oxygen atoms in total. The average Bonchev–Trinajstić information content (AvgIpc) is 2.62. The number of nitrogen functional groups attached to an aromatic ring is 1. The van der Waals surface area contributed by atoms with E-state index in [4.69, 9.17) is 5.73 Å². The monoisotopic (exact) mass is 194 g/mol. The van der Waals surface area contributed by atoms with Crippen LogP contribution in [0.4, 0.5) is 5.69 Å². The first kappa shape index (κ1) is 8.88. The Morgan fingerprint density at radius 3 is 2.69 bits per heavy atom. The maximum Gasteiger partial charge on any atom is 0.0964 e. The van der Waals surface area contributed by atoms with Crippen molar-refractivity contribution >= 4 is 17.4 Å². The number of hydrogen-bond acceptors (Lipinski definition) is 3. The van der Waals surface area contributed by atoms with Gasteiger partial charge in [0.15, 0.2) is 0 Å². The zero-order valence-corrected chi connectivity index (χ0v) is 8.39. The Hall–Kier alpha value is -0.700. The number of hydrogen-bond donors (Lipinski definition) is 1. The molecule has 13 heavy (non-hydrogen) atoms. The van der Waals surface area contributed by atoms with E-state index in [0.29, 0.717) is 0 Å². The highest BCUT2D eigenvalue weighted by Crippen LogP contribution is 2.33. The summed E-state index contributed by atoms with van der Waals surface area (Å²) in [5, 5.41) is 1.90. The van der Waals surface area contributed by atoms with Crippen LogP contribution in [0.2, 0.25) is 0 Å². The molecule has 1 heterocycles. The standard InChI is InChI=1S/C10H14N2S/c11-8-5-6-10(12-7-8)13-9-3-1-2-4-9/h5-7,9H,1-4,11H2. The van der Waals surface area contributed by atoms with E-state index in [1.165, 1.54) is 25.7 Å². The minimum absolute atomic E-state index is 0.746. The number of aromatic nitrogens is 1. The number of rotatable bonds is 2. The van der Waals surface area contributed by atoms with Gasteiger partial charge in [-0.3, -0.25) is 0 Å². The smallest absolute Gasteiger partial charge is 0.0964 e. The van der Waals surface area contributed by atoms with Gasteiger partial charge in [-0.25, -0.2) is 4.98 Å². The Kier molecular flexibility index (Phi) is 2.74. The van der Waals surface area contributed by atoms with Crippen LogP contribution in [0.25, 0.3) is 0 Å². The van der Waals surface area contributed by atoms with Crippen LogP contribution in [0.3, 0.4) is 0 Å². The number of anilines is 1. The van der Waals surface area contributed by atoms with Crippen molar-refractivity contribution in [1.82, 2.24) is 4.98 Å². The molecule has 0 bridgehead atoms. The van der Waals surface area contributed by atoms with E-state index in [1.807, 2.05) is 23.9 Å². The number of nitrogens with two attached hydrogens (primary N) is 1. The summed E-state index contributed by atoms with van der Waals surface area (Å²) in [6.07, 6.45) is 7.18. The van der Waals surface area contributed by atoms with Gasteiger partial charge in [0.2, 0.25) is 0 Å². The molecular weight excluding hydrogens is 180 g/mol. The predicted molar refractivity (Wildman–Crippen MR) is 56.8 cm³/mol. The normalized spacial score (nSPS) is 17.8. The summed E-state index contributed by atoms with van der Waals surface area (Å²) in [7, 11) is 0. The van der Waals surface area contributed by atoms with Gasteiger partial charge in [-0.2, -0.15) is 0 Å². The van der Waals surface area contributed by atoms with Crippen molar-refractivity contribution in [2.45, 2.75) is 36.0 Å². The third-order valence-corrected chi connectivity index (χ3v) is 3.64. The van der Waals surface area contributed by atoms with Crippen LogP contribution in [-0.2, 0) is 0 Å². The molecule has 1 fully saturated rings. The van der Waals surface area contributed by atoms with Gasteiger partial charge >= 0.3 is 0 Å².